The van der Waals surface area contributed by atoms with Crippen molar-refractivity contribution >= 4 is 5.91 Å². The molecule has 1 aromatic carbocycles. The third-order valence-corrected chi connectivity index (χ3v) is 5.92. The van der Waals surface area contributed by atoms with E-state index in [1.54, 1.807) is 12.1 Å². The van der Waals surface area contributed by atoms with Crippen LogP contribution in [0, 0.1) is 17.7 Å². The van der Waals surface area contributed by atoms with Gasteiger partial charge in [0.05, 0.1) is 6.10 Å². The molecule has 2 aliphatic heterocycles. The summed E-state index contributed by atoms with van der Waals surface area (Å²) in [7, 11) is 0. The standard InChI is InChI=1S/C24H35FN2O2/c1-19(2)9-10-24(28)27(18-22-7-5-15-29-22)16-20-11-13-26(14-12-20)17-21-6-3-4-8-23(21)25/h3-4,6,8-10,19-20,22H,5,7,11-18H2,1-2H3/b10-9+. The van der Waals surface area contributed by atoms with Gasteiger partial charge in [0.25, 0.3) is 0 Å². The van der Waals surface area contributed by atoms with E-state index in [1.165, 1.54) is 6.07 Å². The Balaban J connectivity index is 1.52. The van der Waals surface area contributed by atoms with Crippen LogP contribution in [0.4, 0.5) is 4.39 Å². The highest BCUT2D eigenvalue weighted by atomic mass is 19.1. The molecule has 5 heteroatoms. The molecule has 0 aliphatic carbocycles. The number of likely N-dealkylation sites (tertiary alicyclic amines) is 1. The predicted octanol–water partition coefficient (Wildman–Crippen LogP) is 4.26. The summed E-state index contributed by atoms with van der Waals surface area (Å²) in [5.41, 5.74) is 0.764. The van der Waals surface area contributed by atoms with Crippen LogP contribution in [0.1, 0.15) is 45.1 Å². The minimum atomic E-state index is -0.125. The van der Waals surface area contributed by atoms with Crippen molar-refractivity contribution in [2.75, 3.05) is 32.8 Å². The van der Waals surface area contributed by atoms with Gasteiger partial charge in [0.2, 0.25) is 5.91 Å². The molecular weight excluding hydrogens is 367 g/mol. The van der Waals surface area contributed by atoms with E-state index in [-0.39, 0.29) is 17.8 Å². The van der Waals surface area contributed by atoms with Crippen LogP contribution < -0.4 is 0 Å². The number of benzene rings is 1. The van der Waals surface area contributed by atoms with E-state index in [9.17, 15) is 9.18 Å². The van der Waals surface area contributed by atoms with E-state index < -0.39 is 0 Å². The summed E-state index contributed by atoms with van der Waals surface area (Å²) in [4.78, 5) is 17.1. The SMILES string of the molecule is CC(C)/C=C/C(=O)N(CC1CCN(Cc2ccccc2F)CC1)CC1CCCO1. The second kappa shape index (κ2) is 10.9. The number of carbonyl (C=O) groups is 1. The van der Waals surface area contributed by atoms with Crippen LogP contribution in [0.15, 0.2) is 36.4 Å². The average Bonchev–Trinajstić information content (AvgIpc) is 3.22. The Morgan fingerprint density at radius 2 is 2.00 bits per heavy atom. The topological polar surface area (TPSA) is 32.8 Å². The third-order valence-electron chi connectivity index (χ3n) is 5.92. The maximum atomic E-state index is 13.9. The Bertz CT molecular complexity index is 677. The lowest BCUT2D eigenvalue weighted by Crippen LogP contribution is -2.43. The van der Waals surface area contributed by atoms with E-state index in [4.69, 9.17) is 4.74 Å². The Hall–Kier alpha value is -1.72. The highest BCUT2D eigenvalue weighted by molar-refractivity contribution is 5.87. The molecular formula is C24H35FN2O2. The second-order valence-electron chi connectivity index (χ2n) is 8.79. The van der Waals surface area contributed by atoms with Crippen molar-refractivity contribution in [3.8, 4) is 0 Å². The first-order valence-electron chi connectivity index (χ1n) is 11.1. The normalized spacial score (nSPS) is 21.3. The summed E-state index contributed by atoms with van der Waals surface area (Å²) >= 11 is 0. The van der Waals surface area contributed by atoms with Crippen molar-refractivity contribution in [3.05, 3.63) is 47.8 Å². The number of nitrogens with zero attached hydrogens (tertiary/aromatic N) is 2. The molecule has 2 heterocycles. The van der Waals surface area contributed by atoms with Crippen LogP contribution in [0.25, 0.3) is 0 Å². The molecule has 1 atom stereocenters. The van der Waals surface area contributed by atoms with Crippen LogP contribution in [0.5, 0.6) is 0 Å². The van der Waals surface area contributed by atoms with E-state index in [1.807, 2.05) is 23.1 Å². The van der Waals surface area contributed by atoms with Crippen molar-refractivity contribution in [2.24, 2.45) is 11.8 Å². The molecule has 160 valence electrons. The number of amides is 1. The van der Waals surface area contributed by atoms with Gasteiger partial charge in [-0.25, -0.2) is 4.39 Å². The van der Waals surface area contributed by atoms with Gasteiger partial charge in [-0.2, -0.15) is 0 Å². The lowest BCUT2D eigenvalue weighted by atomic mass is 9.95. The molecule has 0 spiro atoms. The summed E-state index contributed by atoms with van der Waals surface area (Å²) in [5, 5.41) is 0. The largest absolute Gasteiger partial charge is 0.376 e. The molecule has 2 fully saturated rings. The van der Waals surface area contributed by atoms with Crippen molar-refractivity contribution in [2.45, 2.75) is 52.2 Å². The fourth-order valence-electron chi connectivity index (χ4n) is 4.18. The van der Waals surface area contributed by atoms with E-state index in [2.05, 4.69) is 18.7 Å². The fraction of sp³-hybridized carbons (Fsp3) is 0.625. The Kier molecular flexibility index (Phi) is 8.25. The van der Waals surface area contributed by atoms with E-state index in [0.717, 1.165) is 57.5 Å². The molecule has 2 saturated heterocycles. The zero-order chi connectivity index (χ0) is 20.6. The lowest BCUT2D eigenvalue weighted by molar-refractivity contribution is -0.128. The smallest absolute Gasteiger partial charge is 0.246 e. The Labute approximate surface area is 174 Å². The minimum Gasteiger partial charge on any atom is -0.376 e. The summed E-state index contributed by atoms with van der Waals surface area (Å²) in [6.07, 6.45) is 8.08. The quantitative estimate of drug-likeness (QED) is 0.609. The van der Waals surface area contributed by atoms with Crippen molar-refractivity contribution < 1.29 is 13.9 Å². The van der Waals surface area contributed by atoms with Gasteiger partial charge in [0.15, 0.2) is 0 Å². The molecule has 1 aromatic rings. The minimum absolute atomic E-state index is 0.1000. The second-order valence-corrected chi connectivity index (χ2v) is 8.79. The number of ether oxygens (including phenoxy) is 1. The van der Waals surface area contributed by atoms with Gasteiger partial charge in [0.1, 0.15) is 5.82 Å². The van der Waals surface area contributed by atoms with Crippen molar-refractivity contribution in [3.63, 3.8) is 0 Å². The molecule has 2 aliphatic rings. The van der Waals surface area contributed by atoms with Gasteiger partial charge in [-0.05, 0) is 62.8 Å². The number of rotatable bonds is 8. The number of hydrogen-bond acceptors (Lipinski definition) is 3. The molecule has 0 bridgehead atoms. The van der Waals surface area contributed by atoms with Gasteiger partial charge < -0.3 is 9.64 Å². The van der Waals surface area contributed by atoms with E-state index >= 15 is 0 Å². The van der Waals surface area contributed by atoms with Crippen LogP contribution in [-0.4, -0.2) is 54.6 Å². The highest BCUT2D eigenvalue weighted by Crippen LogP contribution is 2.22. The fourth-order valence-corrected chi connectivity index (χ4v) is 4.18. The molecule has 0 saturated carbocycles. The zero-order valence-electron chi connectivity index (χ0n) is 17.9. The zero-order valence-corrected chi connectivity index (χ0v) is 17.9. The van der Waals surface area contributed by atoms with Crippen LogP contribution in [0.3, 0.4) is 0 Å². The number of piperidine rings is 1. The first-order chi connectivity index (χ1) is 14.0. The maximum Gasteiger partial charge on any atom is 0.246 e. The first-order valence-corrected chi connectivity index (χ1v) is 11.1. The number of halogens is 1. The monoisotopic (exact) mass is 402 g/mol. The molecule has 0 N–H and O–H groups in total. The number of carbonyl (C=O) groups excluding carboxylic acids is 1. The molecule has 1 unspecified atom stereocenters. The summed E-state index contributed by atoms with van der Waals surface area (Å²) in [6, 6.07) is 7.02. The molecule has 29 heavy (non-hydrogen) atoms. The maximum absolute atomic E-state index is 13.9. The molecule has 0 aromatic heterocycles. The van der Waals surface area contributed by atoms with E-state index in [0.29, 0.717) is 24.9 Å². The van der Waals surface area contributed by atoms with Crippen LogP contribution >= 0.6 is 0 Å². The molecule has 3 rings (SSSR count). The van der Waals surface area contributed by atoms with Crippen LogP contribution in [-0.2, 0) is 16.1 Å². The molecule has 1 amide bonds. The number of hydrogen-bond donors (Lipinski definition) is 0. The van der Waals surface area contributed by atoms with Crippen LogP contribution in [0.2, 0.25) is 0 Å². The summed E-state index contributed by atoms with van der Waals surface area (Å²) < 4.78 is 19.7. The average molecular weight is 403 g/mol. The number of allylic oxidation sites excluding steroid dienone is 1. The highest BCUT2D eigenvalue weighted by Gasteiger charge is 2.26. The van der Waals surface area contributed by atoms with Gasteiger partial charge in [-0.3, -0.25) is 9.69 Å². The predicted molar refractivity (Wildman–Crippen MR) is 114 cm³/mol. The lowest BCUT2D eigenvalue weighted by Gasteiger charge is -2.35. The first kappa shape index (κ1) is 22.0. The summed E-state index contributed by atoms with van der Waals surface area (Å²) in [6.45, 7) is 9.01. The third kappa shape index (κ3) is 6.93. The van der Waals surface area contributed by atoms with Gasteiger partial charge in [-0.15, -0.1) is 0 Å². The van der Waals surface area contributed by atoms with Crippen molar-refractivity contribution in [1.82, 2.24) is 9.80 Å². The van der Waals surface area contributed by atoms with Gasteiger partial charge in [0, 0.05) is 31.8 Å². The van der Waals surface area contributed by atoms with Gasteiger partial charge >= 0.3 is 0 Å². The Morgan fingerprint density at radius 1 is 1.24 bits per heavy atom. The van der Waals surface area contributed by atoms with Crippen molar-refractivity contribution in [1.29, 1.82) is 0 Å². The summed E-state index contributed by atoms with van der Waals surface area (Å²) in [5.74, 6) is 0.831. The molecule has 0 radical (unpaired) electrons. The molecule has 4 nitrogen and oxygen atoms in total. The Morgan fingerprint density at radius 3 is 2.66 bits per heavy atom. The van der Waals surface area contributed by atoms with Gasteiger partial charge in [-0.1, -0.05) is 38.1 Å².